The quantitative estimate of drug-likeness (QED) is 0.199. The lowest BCUT2D eigenvalue weighted by Gasteiger charge is -2.22. The third kappa shape index (κ3) is 6.74. The van der Waals surface area contributed by atoms with Crippen molar-refractivity contribution >= 4 is 34.0 Å². The van der Waals surface area contributed by atoms with Crippen LogP contribution in [0.2, 0.25) is 0 Å². The minimum Gasteiger partial charge on any atom is -0.497 e. The van der Waals surface area contributed by atoms with Crippen LogP contribution >= 0.6 is 0 Å². The molecule has 4 rings (SSSR count). The summed E-state index contributed by atoms with van der Waals surface area (Å²) < 4.78 is 52.3. The molecule has 0 saturated heterocycles. The van der Waals surface area contributed by atoms with Crippen LogP contribution in [-0.4, -0.2) is 84.0 Å². The molecule has 15 heteroatoms. The number of likely N-dealkylation sites (N-methyl/N-ethyl adjacent to an activating group) is 2. The standard InChI is InChI=1S/C26H29F3N8O4/c1-34(2)10-11-35(3)21-14-23(41-5)19(13-22(21)37(38)39)33-25-30-9-8-18(32-25)24-31-17-7-6-16(40-4)12-20(17)36(24)15-26(27,28)29/h6-9,12-14H,10-11,15H2,1-5H3,(H,30,32,33). The second-order valence-corrected chi connectivity index (χ2v) is 9.41. The van der Waals surface area contributed by atoms with Crippen molar-refractivity contribution in [1.82, 2.24) is 24.4 Å². The summed E-state index contributed by atoms with van der Waals surface area (Å²) in [6.07, 6.45) is -3.18. The summed E-state index contributed by atoms with van der Waals surface area (Å²) in [4.78, 5) is 28.1. The smallest absolute Gasteiger partial charge is 0.406 e. The molecule has 0 atom stereocenters. The van der Waals surface area contributed by atoms with Gasteiger partial charge >= 0.3 is 6.18 Å². The predicted molar refractivity (Wildman–Crippen MR) is 148 cm³/mol. The number of fused-ring (bicyclic) bond motifs is 1. The molecule has 41 heavy (non-hydrogen) atoms. The van der Waals surface area contributed by atoms with Gasteiger partial charge in [0.2, 0.25) is 5.95 Å². The van der Waals surface area contributed by atoms with Crippen LogP contribution in [0.5, 0.6) is 11.5 Å². The Labute approximate surface area is 233 Å². The van der Waals surface area contributed by atoms with Crippen molar-refractivity contribution in [3.05, 3.63) is 52.7 Å². The average Bonchev–Trinajstić information content (AvgIpc) is 3.27. The second kappa shape index (κ2) is 11.8. The van der Waals surface area contributed by atoms with Gasteiger partial charge in [-0.25, -0.2) is 15.0 Å². The number of aromatic nitrogens is 4. The fraction of sp³-hybridized carbons (Fsp3) is 0.346. The van der Waals surface area contributed by atoms with Crippen molar-refractivity contribution < 1.29 is 27.6 Å². The van der Waals surface area contributed by atoms with Crippen molar-refractivity contribution in [2.75, 3.05) is 58.7 Å². The number of imidazole rings is 1. The fourth-order valence-electron chi connectivity index (χ4n) is 4.17. The first kappa shape index (κ1) is 29.3. The summed E-state index contributed by atoms with van der Waals surface area (Å²) in [5, 5.41) is 14.9. The molecule has 0 spiro atoms. The van der Waals surface area contributed by atoms with E-state index in [-0.39, 0.29) is 40.1 Å². The van der Waals surface area contributed by atoms with Gasteiger partial charge in [-0.1, -0.05) is 0 Å². The number of halogens is 3. The number of benzene rings is 2. The number of methoxy groups -OCH3 is 2. The van der Waals surface area contributed by atoms with Crippen molar-refractivity contribution in [2.24, 2.45) is 0 Å². The topological polar surface area (TPSA) is 124 Å². The highest BCUT2D eigenvalue weighted by Crippen LogP contribution is 2.39. The van der Waals surface area contributed by atoms with Crippen molar-refractivity contribution in [3.63, 3.8) is 0 Å². The zero-order valence-electron chi connectivity index (χ0n) is 23.1. The van der Waals surface area contributed by atoms with E-state index >= 15 is 0 Å². The highest BCUT2D eigenvalue weighted by atomic mass is 19.4. The van der Waals surface area contributed by atoms with Gasteiger partial charge in [-0.3, -0.25) is 10.1 Å². The number of rotatable bonds is 11. The monoisotopic (exact) mass is 574 g/mol. The second-order valence-electron chi connectivity index (χ2n) is 9.41. The predicted octanol–water partition coefficient (Wildman–Crippen LogP) is 4.72. The summed E-state index contributed by atoms with van der Waals surface area (Å²) in [7, 11) is 8.38. The first-order chi connectivity index (χ1) is 19.4. The number of ether oxygens (including phenoxy) is 2. The van der Waals surface area contributed by atoms with Crippen LogP contribution in [0.4, 0.5) is 36.2 Å². The first-order valence-corrected chi connectivity index (χ1v) is 12.3. The van der Waals surface area contributed by atoms with Crippen LogP contribution in [-0.2, 0) is 6.54 Å². The van der Waals surface area contributed by atoms with Crippen molar-refractivity contribution in [2.45, 2.75) is 12.7 Å². The van der Waals surface area contributed by atoms with Gasteiger partial charge < -0.3 is 29.2 Å². The maximum Gasteiger partial charge on any atom is 0.406 e. The molecule has 0 amide bonds. The van der Waals surface area contributed by atoms with Gasteiger partial charge in [-0.2, -0.15) is 13.2 Å². The Kier molecular flexibility index (Phi) is 8.47. The minimum atomic E-state index is -4.53. The fourth-order valence-corrected chi connectivity index (χ4v) is 4.17. The number of hydrogen-bond acceptors (Lipinski definition) is 10. The van der Waals surface area contributed by atoms with Crippen LogP contribution in [0.1, 0.15) is 0 Å². The average molecular weight is 575 g/mol. The molecule has 1 N–H and O–H groups in total. The van der Waals surface area contributed by atoms with Gasteiger partial charge in [-0.15, -0.1) is 0 Å². The Morgan fingerprint density at radius 1 is 1.05 bits per heavy atom. The molecule has 2 heterocycles. The van der Waals surface area contributed by atoms with Gasteiger partial charge in [0.25, 0.3) is 5.69 Å². The van der Waals surface area contributed by atoms with Crippen LogP contribution in [0, 0.1) is 10.1 Å². The third-order valence-corrected chi connectivity index (χ3v) is 6.21. The summed E-state index contributed by atoms with van der Waals surface area (Å²) in [6.45, 7) is -0.107. The molecule has 0 saturated carbocycles. The minimum absolute atomic E-state index is 0.0213. The highest BCUT2D eigenvalue weighted by Gasteiger charge is 2.31. The molecule has 4 aromatic rings. The van der Waals surface area contributed by atoms with Gasteiger partial charge in [0.05, 0.1) is 35.9 Å². The van der Waals surface area contributed by atoms with Gasteiger partial charge in [0, 0.05) is 44.5 Å². The molecule has 0 unspecified atom stereocenters. The number of nitrogens with one attached hydrogen (secondary N) is 1. The number of alkyl halides is 3. The zero-order chi connectivity index (χ0) is 29.9. The first-order valence-electron chi connectivity index (χ1n) is 12.3. The van der Waals surface area contributed by atoms with E-state index in [1.165, 1.54) is 44.7 Å². The van der Waals surface area contributed by atoms with Crippen LogP contribution < -0.4 is 19.7 Å². The van der Waals surface area contributed by atoms with Crippen molar-refractivity contribution in [1.29, 1.82) is 0 Å². The zero-order valence-corrected chi connectivity index (χ0v) is 23.1. The molecule has 0 aliphatic carbocycles. The summed E-state index contributed by atoms with van der Waals surface area (Å²) in [5.74, 6) is 0.605. The summed E-state index contributed by atoms with van der Waals surface area (Å²) >= 11 is 0. The van der Waals surface area contributed by atoms with Crippen molar-refractivity contribution in [3.8, 4) is 23.0 Å². The van der Waals surface area contributed by atoms with E-state index in [0.29, 0.717) is 30.0 Å². The van der Waals surface area contributed by atoms with E-state index in [0.717, 1.165) is 4.57 Å². The van der Waals surface area contributed by atoms with Gasteiger partial charge in [0.15, 0.2) is 5.82 Å². The Hall–Kier alpha value is -4.66. The van der Waals surface area contributed by atoms with Gasteiger partial charge in [0.1, 0.15) is 29.4 Å². The third-order valence-electron chi connectivity index (χ3n) is 6.21. The van der Waals surface area contributed by atoms with Crippen LogP contribution in [0.25, 0.3) is 22.6 Å². The highest BCUT2D eigenvalue weighted by molar-refractivity contribution is 5.82. The molecule has 0 bridgehead atoms. The van der Waals surface area contributed by atoms with Gasteiger partial charge in [-0.05, 0) is 32.3 Å². The Morgan fingerprint density at radius 2 is 1.80 bits per heavy atom. The van der Waals surface area contributed by atoms with E-state index < -0.39 is 17.6 Å². The largest absolute Gasteiger partial charge is 0.497 e. The molecule has 0 radical (unpaired) electrons. The Morgan fingerprint density at radius 3 is 2.44 bits per heavy atom. The maximum absolute atomic E-state index is 13.6. The Bertz CT molecular complexity index is 1560. The lowest BCUT2D eigenvalue weighted by molar-refractivity contribution is -0.384. The van der Waals surface area contributed by atoms with Crippen LogP contribution in [0.3, 0.4) is 0 Å². The summed E-state index contributed by atoms with van der Waals surface area (Å²) in [5.41, 5.74) is 1.03. The molecular weight excluding hydrogens is 545 g/mol. The number of hydrogen-bond donors (Lipinski definition) is 1. The van der Waals surface area contributed by atoms with Crippen LogP contribution in [0.15, 0.2) is 42.6 Å². The molecule has 2 aromatic carbocycles. The normalized spacial score (nSPS) is 11.6. The number of nitro benzene ring substituents is 1. The molecule has 0 aliphatic rings. The molecular formula is C26H29F3N8O4. The molecule has 2 aromatic heterocycles. The molecule has 218 valence electrons. The molecule has 0 aliphatic heterocycles. The van der Waals surface area contributed by atoms with E-state index in [2.05, 4.69) is 20.3 Å². The molecule has 0 fully saturated rings. The Balaban J connectivity index is 1.75. The number of nitro groups is 1. The lowest BCUT2D eigenvalue weighted by Crippen LogP contribution is -2.28. The number of anilines is 3. The summed E-state index contributed by atoms with van der Waals surface area (Å²) in [6, 6.07) is 8.91. The molecule has 12 nitrogen and oxygen atoms in total. The van der Waals surface area contributed by atoms with E-state index in [1.54, 1.807) is 24.1 Å². The lowest BCUT2D eigenvalue weighted by atomic mass is 10.2. The van der Waals surface area contributed by atoms with E-state index in [9.17, 15) is 23.3 Å². The SMILES string of the molecule is COc1ccc2nc(-c3ccnc(Nc4cc([N+](=O)[O-])c(N(C)CCN(C)C)cc4OC)n3)n(CC(F)(F)F)c2c1. The maximum atomic E-state index is 13.6. The van der Waals surface area contributed by atoms with E-state index in [1.807, 2.05) is 19.0 Å². The number of nitrogens with zero attached hydrogens (tertiary/aromatic N) is 7. The van der Waals surface area contributed by atoms with E-state index in [4.69, 9.17) is 9.47 Å².